The van der Waals surface area contributed by atoms with Crippen LogP contribution in [0.15, 0.2) is 36.7 Å². The van der Waals surface area contributed by atoms with Gasteiger partial charge in [-0.2, -0.15) is 0 Å². The zero-order valence-electron chi connectivity index (χ0n) is 18.0. The fourth-order valence-electron chi connectivity index (χ4n) is 4.43. The van der Waals surface area contributed by atoms with Gasteiger partial charge in [0, 0.05) is 38.2 Å². The summed E-state index contributed by atoms with van der Waals surface area (Å²) in [4.78, 5) is 32.6. The first kappa shape index (κ1) is 21.1. The summed E-state index contributed by atoms with van der Waals surface area (Å²) in [5, 5.41) is 3.04. The van der Waals surface area contributed by atoms with Crippen molar-refractivity contribution in [1.82, 2.24) is 15.2 Å². The summed E-state index contributed by atoms with van der Waals surface area (Å²) >= 11 is 0. The van der Waals surface area contributed by atoms with Gasteiger partial charge in [-0.3, -0.25) is 14.6 Å². The van der Waals surface area contributed by atoms with Gasteiger partial charge in [-0.05, 0) is 42.2 Å². The number of aromatic nitrogens is 1. The Hall–Kier alpha value is -3.13. The molecule has 1 aromatic heterocycles. The molecule has 1 saturated heterocycles. The van der Waals surface area contributed by atoms with Crippen LogP contribution in [-0.4, -0.2) is 62.2 Å². The molecular formula is C23H27N3O5. The van der Waals surface area contributed by atoms with E-state index in [2.05, 4.69) is 10.3 Å². The maximum absolute atomic E-state index is 13.5. The molecule has 0 bridgehead atoms. The lowest BCUT2D eigenvalue weighted by Gasteiger charge is -2.40. The molecule has 2 amide bonds. The van der Waals surface area contributed by atoms with Crippen molar-refractivity contribution in [1.29, 1.82) is 0 Å². The third-order valence-electron chi connectivity index (χ3n) is 6.01. The molecular weight excluding hydrogens is 398 g/mol. The fraction of sp³-hybridized carbons (Fsp3) is 0.435. The standard InChI is InChI=1S/C23H27N3O5/c1-26-21(14-6-4-8-24-12-14)20(22(27)25-13-15-7-5-9-31-15)16-10-18(29-2)19(30-3)11-17(16)23(26)28/h4,6,8,10-12,15,20-21H,5,7,9,13H2,1-3H3,(H,25,27)/t15-,20-,21+/m0/s1. The van der Waals surface area contributed by atoms with E-state index < -0.39 is 12.0 Å². The van der Waals surface area contributed by atoms with Crippen LogP contribution in [0.2, 0.25) is 0 Å². The minimum atomic E-state index is -0.636. The van der Waals surface area contributed by atoms with Crippen molar-refractivity contribution < 1.29 is 23.8 Å². The maximum Gasteiger partial charge on any atom is 0.254 e. The van der Waals surface area contributed by atoms with E-state index in [1.807, 2.05) is 6.07 Å². The van der Waals surface area contributed by atoms with Crippen molar-refractivity contribution >= 4 is 11.8 Å². The highest BCUT2D eigenvalue weighted by Crippen LogP contribution is 2.45. The zero-order valence-corrected chi connectivity index (χ0v) is 18.0. The Kier molecular flexibility index (Phi) is 6.08. The SMILES string of the molecule is COc1cc2c(cc1OC)[C@H](C(=O)NC[C@@H]1CCCO1)[C@@H](c1cccnc1)N(C)C2=O. The Bertz CT molecular complexity index is 959. The second-order valence-corrected chi connectivity index (χ2v) is 7.80. The average molecular weight is 425 g/mol. The van der Waals surface area contributed by atoms with Crippen molar-refractivity contribution in [2.24, 2.45) is 0 Å². The average Bonchev–Trinajstić information content (AvgIpc) is 3.33. The zero-order chi connectivity index (χ0) is 22.0. The Morgan fingerprint density at radius 3 is 2.71 bits per heavy atom. The molecule has 8 heteroatoms. The Labute approximate surface area is 181 Å². The molecule has 2 aliphatic heterocycles. The van der Waals surface area contributed by atoms with Gasteiger partial charge in [-0.1, -0.05) is 6.07 Å². The van der Waals surface area contributed by atoms with Crippen molar-refractivity contribution in [2.75, 3.05) is 34.4 Å². The number of fused-ring (bicyclic) bond motifs is 1. The third-order valence-corrected chi connectivity index (χ3v) is 6.01. The van der Waals surface area contributed by atoms with E-state index in [0.717, 1.165) is 25.0 Å². The van der Waals surface area contributed by atoms with Gasteiger partial charge in [0.2, 0.25) is 5.91 Å². The van der Waals surface area contributed by atoms with Gasteiger partial charge in [0.25, 0.3) is 5.91 Å². The van der Waals surface area contributed by atoms with Crippen molar-refractivity contribution in [3.63, 3.8) is 0 Å². The molecule has 3 atom stereocenters. The lowest BCUT2D eigenvalue weighted by atomic mass is 9.79. The normalized spacial score (nSPS) is 22.7. The number of carbonyl (C=O) groups excluding carboxylic acids is 2. The van der Waals surface area contributed by atoms with Gasteiger partial charge in [-0.25, -0.2) is 0 Å². The largest absolute Gasteiger partial charge is 0.493 e. The van der Waals surface area contributed by atoms with Crippen molar-refractivity contribution in [3.8, 4) is 11.5 Å². The summed E-state index contributed by atoms with van der Waals surface area (Å²) in [6, 6.07) is 6.56. The highest BCUT2D eigenvalue weighted by molar-refractivity contribution is 6.02. The number of likely N-dealkylation sites (N-methyl/N-ethyl adjacent to an activating group) is 1. The van der Waals surface area contributed by atoms with Crippen LogP contribution in [0.25, 0.3) is 0 Å². The molecule has 2 aromatic rings. The predicted molar refractivity (Wildman–Crippen MR) is 113 cm³/mol. The summed E-state index contributed by atoms with van der Waals surface area (Å²) in [7, 11) is 4.76. The molecule has 8 nitrogen and oxygen atoms in total. The minimum absolute atomic E-state index is 0.0219. The van der Waals surface area contributed by atoms with Crippen molar-refractivity contribution in [3.05, 3.63) is 53.3 Å². The number of amides is 2. The van der Waals surface area contributed by atoms with E-state index >= 15 is 0 Å². The first-order chi connectivity index (χ1) is 15.0. The number of hydrogen-bond donors (Lipinski definition) is 1. The number of rotatable bonds is 6. The molecule has 0 aliphatic carbocycles. The number of nitrogens with zero attached hydrogens (tertiary/aromatic N) is 2. The summed E-state index contributed by atoms with van der Waals surface area (Å²) in [6.07, 6.45) is 5.31. The van der Waals surface area contributed by atoms with Crippen molar-refractivity contribution in [2.45, 2.75) is 30.9 Å². The van der Waals surface area contributed by atoms with E-state index in [-0.39, 0.29) is 17.9 Å². The van der Waals surface area contributed by atoms with Gasteiger partial charge < -0.3 is 24.4 Å². The lowest BCUT2D eigenvalue weighted by molar-refractivity contribution is -0.124. The number of benzene rings is 1. The maximum atomic E-state index is 13.5. The van der Waals surface area contributed by atoms with E-state index in [0.29, 0.717) is 29.2 Å². The second kappa shape index (κ2) is 8.93. The number of pyridine rings is 1. The molecule has 0 spiro atoms. The van der Waals surface area contributed by atoms with Gasteiger partial charge >= 0.3 is 0 Å². The van der Waals surface area contributed by atoms with E-state index in [1.54, 1.807) is 42.5 Å². The van der Waals surface area contributed by atoms with E-state index in [9.17, 15) is 9.59 Å². The molecule has 1 aromatic carbocycles. The first-order valence-corrected chi connectivity index (χ1v) is 10.4. The minimum Gasteiger partial charge on any atom is -0.493 e. The Morgan fingerprint density at radius 1 is 1.29 bits per heavy atom. The van der Waals surface area contributed by atoms with Crippen LogP contribution < -0.4 is 14.8 Å². The van der Waals surface area contributed by atoms with Crippen LogP contribution in [0.1, 0.15) is 46.3 Å². The van der Waals surface area contributed by atoms with Crippen LogP contribution in [-0.2, 0) is 9.53 Å². The highest BCUT2D eigenvalue weighted by atomic mass is 16.5. The summed E-state index contributed by atoms with van der Waals surface area (Å²) in [5.41, 5.74) is 1.83. The van der Waals surface area contributed by atoms with Gasteiger partial charge in [0.15, 0.2) is 11.5 Å². The van der Waals surface area contributed by atoms with Crippen LogP contribution in [0, 0.1) is 0 Å². The molecule has 31 heavy (non-hydrogen) atoms. The summed E-state index contributed by atoms with van der Waals surface area (Å²) < 4.78 is 16.5. The van der Waals surface area contributed by atoms with Gasteiger partial charge in [0.05, 0.1) is 32.3 Å². The van der Waals surface area contributed by atoms with Crippen LogP contribution >= 0.6 is 0 Å². The number of methoxy groups -OCH3 is 2. The fourth-order valence-corrected chi connectivity index (χ4v) is 4.43. The molecule has 0 unspecified atom stereocenters. The molecule has 0 saturated carbocycles. The number of nitrogens with one attached hydrogen (secondary N) is 1. The van der Waals surface area contributed by atoms with Gasteiger partial charge in [0.1, 0.15) is 0 Å². The van der Waals surface area contributed by atoms with Gasteiger partial charge in [-0.15, -0.1) is 0 Å². The summed E-state index contributed by atoms with van der Waals surface area (Å²) in [6.45, 7) is 1.16. The smallest absolute Gasteiger partial charge is 0.254 e. The lowest BCUT2D eigenvalue weighted by Crippen LogP contribution is -2.46. The molecule has 0 radical (unpaired) electrons. The highest BCUT2D eigenvalue weighted by Gasteiger charge is 2.43. The quantitative estimate of drug-likeness (QED) is 0.764. The molecule has 1 fully saturated rings. The molecule has 3 heterocycles. The molecule has 2 aliphatic rings. The Balaban J connectivity index is 1.78. The van der Waals surface area contributed by atoms with Crippen LogP contribution in [0.4, 0.5) is 0 Å². The first-order valence-electron chi connectivity index (χ1n) is 10.4. The number of hydrogen-bond acceptors (Lipinski definition) is 6. The van der Waals surface area contributed by atoms with E-state index in [1.165, 1.54) is 14.2 Å². The molecule has 4 rings (SSSR count). The van der Waals surface area contributed by atoms with Crippen LogP contribution in [0.3, 0.4) is 0 Å². The summed E-state index contributed by atoms with van der Waals surface area (Å²) in [5.74, 6) is -0.0740. The molecule has 164 valence electrons. The number of carbonyl (C=O) groups is 2. The topological polar surface area (TPSA) is 90.0 Å². The number of ether oxygens (including phenoxy) is 3. The van der Waals surface area contributed by atoms with E-state index in [4.69, 9.17) is 14.2 Å². The molecule has 1 N–H and O–H groups in total. The predicted octanol–water partition coefficient (Wildman–Crippen LogP) is 2.30. The third kappa shape index (κ3) is 3.95. The monoisotopic (exact) mass is 425 g/mol. The second-order valence-electron chi connectivity index (χ2n) is 7.80. The Morgan fingerprint density at radius 2 is 2.06 bits per heavy atom. The van der Waals surface area contributed by atoms with Crippen LogP contribution in [0.5, 0.6) is 11.5 Å².